The predicted molar refractivity (Wildman–Crippen MR) is 66.7 cm³/mol. The van der Waals surface area contributed by atoms with Gasteiger partial charge in [0.1, 0.15) is 11.2 Å². The molecule has 1 aromatic heterocycles. The Bertz CT molecular complexity index is 502. The third kappa shape index (κ3) is 2.50. The van der Waals surface area contributed by atoms with E-state index in [0.29, 0.717) is 18.0 Å². The van der Waals surface area contributed by atoms with Gasteiger partial charge in [0, 0.05) is 6.20 Å². The maximum atomic E-state index is 11.3. The number of primary amides is 1. The van der Waals surface area contributed by atoms with E-state index in [0.717, 1.165) is 0 Å². The van der Waals surface area contributed by atoms with Crippen LogP contribution in [0.4, 0.5) is 5.82 Å². The lowest BCUT2D eigenvalue weighted by molar-refractivity contribution is -0.148. The van der Waals surface area contributed by atoms with Crippen molar-refractivity contribution in [3.05, 3.63) is 23.9 Å². The molecular formula is C12H15N3O4. The zero-order chi connectivity index (χ0) is 14.0. The van der Waals surface area contributed by atoms with Gasteiger partial charge in [-0.2, -0.15) is 0 Å². The third-order valence-corrected chi connectivity index (χ3v) is 3.31. The van der Waals surface area contributed by atoms with Gasteiger partial charge >= 0.3 is 5.97 Å². The monoisotopic (exact) mass is 265 g/mol. The number of nitrogens with zero attached hydrogens (tertiary/aromatic N) is 1. The summed E-state index contributed by atoms with van der Waals surface area (Å²) in [6.07, 6.45) is 1.35. The molecule has 7 heteroatoms. The van der Waals surface area contributed by atoms with E-state index >= 15 is 0 Å². The second-order valence-electron chi connectivity index (χ2n) is 4.73. The number of carbonyl (C=O) groups is 2. The first-order valence-corrected chi connectivity index (χ1v) is 5.77. The SMILES string of the molecule is CC1(C(=O)O)COCC1Nc1ccc(C(N)=O)cn1. The molecule has 0 radical (unpaired) electrons. The highest BCUT2D eigenvalue weighted by atomic mass is 16.5. The molecule has 7 nitrogen and oxygen atoms in total. The zero-order valence-electron chi connectivity index (χ0n) is 10.4. The van der Waals surface area contributed by atoms with E-state index in [-0.39, 0.29) is 12.6 Å². The van der Waals surface area contributed by atoms with Crippen molar-refractivity contribution in [2.75, 3.05) is 18.5 Å². The molecule has 2 rings (SSSR count). The Kier molecular flexibility index (Phi) is 3.39. The summed E-state index contributed by atoms with van der Waals surface area (Å²) < 4.78 is 5.22. The van der Waals surface area contributed by atoms with Gasteiger partial charge in [0.2, 0.25) is 5.91 Å². The maximum absolute atomic E-state index is 11.3. The summed E-state index contributed by atoms with van der Waals surface area (Å²) >= 11 is 0. The number of carboxylic acid groups (broad SMARTS) is 1. The first-order valence-electron chi connectivity index (χ1n) is 5.77. The number of nitrogens with two attached hydrogens (primary N) is 1. The number of hydrogen-bond donors (Lipinski definition) is 3. The van der Waals surface area contributed by atoms with E-state index in [1.165, 1.54) is 12.3 Å². The molecular weight excluding hydrogens is 250 g/mol. The first kappa shape index (κ1) is 13.3. The lowest BCUT2D eigenvalue weighted by Crippen LogP contribution is -2.43. The Balaban J connectivity index is 2.12. The minimum atomic E-state index is -0.996. The maximum Gasteiger partial charge on any atom is 0.313 e. The number of nitrogens with one attached hydrogen (secondary N) is 1. The van der Waals surface area contributed by atoms with Gasteiger partial charge in [-0.15, -0.1) is 0 Å². The van der Waals surface area contributed by atoms with Gasteiger partial charge in [0.15, 0.2) is 0 Å². The highest BCUT2D eigenvalue weighted by molar-refractivity contribution is 5.92. The van der Waals surface area contributed by atoms with Gasteiger partial charge in [-0.3, -0.25) is 9.59 Å². The number of carboxylic acids is 1. The summed E-state index contributed by atoms with van der Waals surface area (Å²) in [7, 11) is 0. The van der Waals surface area contributed by atoms with Crippen molar-refractivity contribution in [1.82, 2.24) is 4.98 Å². The number of aromatic nitrogens is 1. The fourth-order valence-electron chi connectivity index (χ4n) is 1.89. The quantitative estimate of drug-likeness (QED) is 0.710. The van der Waals surface area contributed by atoms with Crippen LogP contribution in [0.1, 0.15) is 17.3 Å². The summed E-state index contributed by atoms with van der Waals surface area (Å²) in [6, 6.07) is 2.74. The number of aliphatic carboxylic acids is 1. The van der Waals surface area contributed by atoms with E-state index in [2.05, 4.69) is 10.3 Å². The highest BCUT2D eigenvalue weighted by Gasteiger charge is 2.46. The lowest BCUT2D eigenvalue weighted by atomic mass is 9.85. The number of ether oxygens (including phenoxy) is 1. The van der Waals surface area contributed by atoms with Crippen molar-refractivity contribution < 1.29 is 19.4 Å². The second kappa shape index (κ2) is 4.85. The van der Waals surface area contributed by atoms with Gasteiger partial charge in [-0.05, 0) is 19.1 Å². The van der Waals surface area contributed by atoms with Crippen molar-refractivity contribution >= 4 is 17.7 Å². The number of carbonyl (C=O) groups excluding carboxylic acids is 1. The van der Waals surface area contributed by atoms with Gasteiger partial charge in [-0.25, -0.2) is 4.98 Å². The van der Waals surface area contributed by atoms with Gasteiger partial charge in [-0.1, -0.05) is 0 Å². The van der Waals surface area contributed by atoms with Crippen LogP contribution in [0, 0.1) is 5.41 Å². The summed E-state index contributed by atoms with van der Waals surface area (Å²) in [5, 5.41) is 12.2. The molecule has 1 amide bonds. The molecule has 2 unspecified atom stereocenters. The number of amides is 1. The standard InChI is InChI=1S/C12H15N3O4/c1-12(11(17)18)6-19-5-8(12)15-9-3-2-7(4-14-9)10(13)16/h2-4,8H,5-6H2,1H3,(H2,13,16)(H,14,15)(H,17,18). The minimum absolute atomic E-state index is 0.152. The molecule has 1 saturated heterocycles. The molecule has 1 aliphatic heterocycles. The van der Waals surface area contributed by atoms with Crippen molar-refractivity contribution in [2.45, 2.75) is 13.0 Å². The largest absolute Gasteiger partial charge is 0.481 e. The van der Waals surface area contributed by atoms with E-state index < -0.39 is 17.3 Å². The van der Waals surface area contributed by atoms with Crippen LogP contribution < -0.4 is 11.1 Å². The van der Waals surface area contributed by atoms with Crippen LogP contribution in [-0.4, -0.2) is 41.2 Å². The highest BCUT2D eigenvalue weighted by Crippen LogP contribution is 2.30. The van der Waals surface area contributed by atoms with Crippen molar-refractivity contribution in [1.29, 1.82) is 0 Å². The van der Waals surface area contributed by atoms with E-state index in [1.54, 1.807) is 13.0 Å². The van der Waals surface area contributed by atoms with Gasteiger partial charge < -0.3 is 20.9 Å². The minimum Gasteiger partial charge on any atom is -0.481 e. The molecule has 4 N–H and O–H groups in total. The van der Waals surface area contributed by atoms with Crippen molar-refractivity contribution in [2.24, 2.45) is 11.1 Å². The van der Waals surface area contributed by atoms with Gasteiger partial charge in [0.05, 0.1) is 24.8 Å². The fourth-order valence-corrected chi connectivity index (χ4v) is 1.89. The van der Waals surface area contributed by atoms with Crippen LogP contribution in [0.25, 0.3) is 0 Å². The average molecular weight is 265 g/mol. The Morgan fingerprint density at radius 1 is 1.58 bits per heavy atom. The lowest BCUT2D eigenvalue weighted by Gasteiger charge is -2.25. The number of hydrogen-bond acceptors (Lipinski definition) is 5. The van der Waals surface area contributed by atoms with Crippen LogP contribution >= 0.6 is 0 Å². The normalized spacial score (nSPS) is 26.1. The molecule has 1 aliphatic rings. The van der Waals surface area contributed by atoms with Crippen molar-refractivity contribution in [3.8, 4) is 0 Å². The van der Waals surface area contributed by atoms with Crippen molar-refractivity contribution in [3.63, 3.8) is 0 Å². The summed E-state index contributed by atoms with van der Waals surface area (Å²) in [5.74, 6) is -0.997. The topological polar surface area (TPSA) is 115 Å². The molecule has 0 spiro atoms. The van der Waals surface area contributed by atoms with Crippen LogP contribution in [0.3, 0.4) is 0 Å². The molecule has 0 aliphatic carbocycles. The third-order valence-electron chi connectivity index (χ3n) is 3.31. The van der Waals surface area contributed by atoms with Gasteiger partial charge in [0.25, 0.3) is 0 Å². The number of pyridine rings is 1. The predicted octanol–water partition coefficient (Wildman–Crippen LogP) is 0.0821. The van der Waals surface area contributed by atoms with Crippen LogP contribution in [0.2, 0.25) is 0 Å². The van der Waals surface area contributed by atoms with Crippen LogP contribution in [0.5, 0.6) is 0 Å². The first-order chi connectivity index (χ1) is 8.93. The van der Waals surface area contributed by atoms with E-state index in [1.807, 2.05) is 0 Å². The Morgan fingerprint density at radius 2 is 2.32 bits per heavy atom. The molecule has 0 saturated carbocycles. The molecule has 102 valence electrons. The smallest absolute Gasteiger partial charge is 0.313 e. The van der Waals surface area contributed by atoms with Crippen LogP contribution in [0.15, 0.2) is 18.3 Å². The summed E-state index contributed by atoms with van der Waals surface area (Å²) in [6.45, 7) is 2.07. The zero-order valence-corrected chi connectivity index (χ0v) is 10.4. The molecule has 2 heterocycles. The average Bonchev–Trinajstić information content (AvgIpc) is 2.73. The van der Waals surface area contributed by atoms with Crippen LogP contribution in [-0.2, 0) is 9.53 Å². The van der Waals surface area contributed by atoms with E-state index in [4.69, 9.17) is 10.5 Å². The summed E-state index contributed by atoms with van der Waals surface area (Å²) in [4.78, 5) is 26.2. The molecule has 1 aromatic rings. The Labute approximate surface area is 109 Å². The molecule has 0 bridgehead atoms. The fraction of sp³-hybridized carbons (Fsp3) is 0.417. The second-order valence-corrected chi connectivity index (χ2v) is 4.73. The Hall–Kier alpha value is -2.15. The summed E-state index contributed by atoms with van der Waals surface area (Å²) in [5.41, 5.74) is 4.42. The molecule has 1 fully saturated rings. The Morgan fingerprint density at radius 3 is 2.84 bits per heavy atom. The van der Waals surface area contributed by atoms with E-state index in [9.17, 15) is 14.7 Å². The molecule has 2 atom stereocenters. The number of rotatable bonds is 4. The number of anilines is 1. The molecule has 19 heavy (non-hydrogen) atoms. The molecule has 0 aromatic carbocycles.